The normalized spacial score (nSPS) is 19.3. The van der Waals surface area contributed by atoms with Gasteiger partial charge in [-0.1, -0.05) is 60.2 Å². The van der Waals surface area contributed by atoms with Crippen molar-refractivity contribution >= 4 is 6.03 Å². The van der Waals surface area contributed by atoms with Crippen LogP contribution in [0.2, 0.25) is 0 Å². The van der Waals surface area contributed by atoms with Crippen molar-refractivity contribution in [1.29, 1.82) is 0 Å². The second-order valence-corrected chi connectivity index (χ2v) is 9.47. The minimum Gasteiger partial charge on any atom is -0.328 e. The number of carbonyl (C=O) groups is 1. The van der Waals surface area contributed by atoms with E-state index >= 15 is 0 Å². The highest BCUT2D eigenvalue weighted by molar-refractivity contribution is 5.76. The first-order valence-electron chi connectivity index (χ1n) is 11.8. The van der Waals surface area contributed by atoms with E-state index in [2.05, 4.69) is 31.0 Å². The second-order valence-electron chi connectivity index (χ2n) is 9.47. The number of hydrogen-bond acceptors (Lipinski definition) is 2. The predicted octanol–water partition coefficient (Wildman–Crippen LogP) is 5.78. The maximum Gasteiger partial charge on any atom is 0.318 e. The molecule has 1 saturated heterocycles. The molecule has 5 nitrogen and oxygen atoms in total. The van der Waals surface area contributed by atoms with Crippen LogP contribution in [0, 0.1) is 0 Å². The Labute approximate surface area is 201 Å². The molecule has 0 saturated carbocycles. The molecule has 0 bridgehead atoms. The average Bonchev–Trinajstić information content (AvgIpc) is 2.99. The smallest absolute Gasteiger partial charge is 0.318 e. The molecule has 3 aromatic rings. The molecule has 1 aromatic heterocycles. The maximum atomic E-state index is 13.5. The summed E-state index contributed by atoms with van der Waals surface area (Å²) < 4.78 is 1.56. The number of benzene rings is 2. The SMILES string of the molecule is C=C(C)C[C@]1(c2ccccc2)CCCN([C@@H](C)c2ccc(-c3ccn(C)c(=O)c3)cc2)C(=O)N1. The topological polar surface area (TPSA) is 54.3 Å². The van der Waals surface area contributed by atoms with Crippen molar-refractivity contribution in [2.24, 2.45) is 7.05 Å². The summed E-state index contributed by atoms with van der Waals surface area (Å²) in [5.74, 6) is 0. The fourth-order valence-electron chi connectivity index (χ4n) is 4.95. The Balaban J connectivity index is 1.56. The van der Waals surface area contributed by atoms with Gasteiger partial charge in [-0.2, -0.15) is 0 Å². The lowest BCUT2D eigenvalue weighted by atomic mass is 9.81. The van der Waals surface area contributed by atoms with Gasteiger partial charge < -0.3 is 14.8 Å². The summed E-state index contributed by atoms with van der Waals surface area (Å²) >= 11 is 0. The molecule has 1 aliphatic heterocycles. The van der Waals surface area contributed by atoms with E-state index in [0.29, 0.717) is 6.54 Å². The van der Waals surface area contributed by atoms with Crippen molar-refractivity contribution in [3.63, 3.8) is 0 Å². The van der Waals surface area contributed by atoms with E-state index in [0.717, 1.165) is 47.1 Å². The zero-order valence-corrected chi connectivity index (χ0v) is 20.3. The van der Waals surface area contributed by atoms with Gasteiger partial charge in [-0.15, -0.1) is 6.58 Å². The molecular formula is C29H33N3O2. The molecule has 0 spiro atoms. The van der Waals surface area contributed by atoms with Crippen LogP contribution in [0.15, 0.2) is 89.9 Å². The third-order valence-electron chi connectivity index (χ3n) is 6.84. The summed E-state index contributed by atoms with van der Waals surface area (Å²) in [6.07, 6.45) is 4.26. The number of aromatic nitrogens is 1. The van der Waals surface area contributed by atoms with Crippen LogP contribution in [-0.2, 0) is 12.6 Å². The molecule has 2 aromatic carbocycles. The van der Waals surface area contributed by atoms with E-state index in [-0.39, 0.29) is 17.6 Å². The Morgan fingerprint density at radius 2 is 1.76 bits per heavy atom. The first kappa shape index (κ1) is 23.6. The first-order chi connectivity index (χ1) is 16.3. The lowest BCUT2D eigenvalue weighted by Gasteiger charge is -2.36. The molecular weight excluding hydrogens is 422 g/mol. The molecule has 5 heteroatoms. The lowest BCUT2D eigenvalue weighted by molar-refractivity contribution is 0.177. The molecule has 0 aliphatic carbocycles. The largest absolute Gasteiger partial charge is 0.328 e. The van der Waals surface area contributed by atoms with Gasteiger partial charge in [0, 0.05) is 25.9 Å². The van der Waals surface area contributed by atoms with Crippen molar-refractivity contribution in [3.8, 4) is 11.1 Å². The molecule has 34 heavy (non-hydrogen) atoms. The third-order valence-corrected chi connectivity index (χ3v) is 6.84. The highest BCUT2D eigenvalue weighted by Crippen LogP contribution is 2.36. The van der Waals surface area contributed by atoms with Gasteiger partial charge in [-0.25, -0.2) is 4.79 Å². The van der Waals surface area contributed by atoms with Crippen molar-refractivity contribution < 1.29 is 4.79 Å². The number of nitrogens with zero attached hydrogens (tertiary/aromatic N) is 2. The fourth-order valence-corrected chi connectivity index (χ4v) is 4.95. The van der Waals surface area contributed by atoms with Crippen LogP contribution < -0.4 is 10.9 Å². The van der Waals surface area contributed by atoms with E-state index in [1.54, 1.807) is 23.9 Å². The molecule has 1 fully saturated rings. The monoisotopic (exact) mass is 455 g/mol. The van der Waals surface area contributed by atoms with E-state index in [1.807, 2.05) is 60.4 Å². The van der Waals surface area contributed by atoms with Gasteiger partial charge in [0.2, 0.25) is 0 Å². The molecule has 2 amide bonds. The Morgan fingerprint density at radius 1 is 1.06 bits per heavy atom. The summed E-state index contributed by atoms with van der Waals surface area (Å²) in [6, 6.07) is 21.8. The van der Waals surface area contributed by atoms with Crippen LogP contribution in [0.3, 0.4) is 0 Å². The minimum atomic E-state index is -0.442. The van der Waals surface area contributed by atoms with Crippen molar-refractivity contribution in [2.45, 2.75) is 44.7 Å². The van der Waals surface area contributed by atoms with E-state index < -0.39 is 5.54 Å². The number of rotatable bonds is 6. The Morgan fingerprint density at radius 3 is 2.41 bits per heavy atom. The molecule has 1 N–H and O–H groups in total. The molecule has 2 heterocycles. The van der Waals surface area contributed by atoms with Gasteiger partial charge in [-0.3, -0.25) is 4.79 Å². The summed E-state index contributed by atoms with van der Waals surface area (Å²) in [4.78, 5) is 27.4. The number of urea groups is 1. The maximum absolute atomic E-state index is 13.5. The van der Waals surface area contributed by atoms with Crippen LogP contribution in [0.25, 0.3) is 11.1 Å². The Hall–Kier alpha value is -3.60. The third kappa shape index (κ3) is 4.84. The fraction of sp³-hybridized carbons (Fsp3) is 0.310. The van der Waals surface area contributed by atoms with Crippen LogP contribution in [0.4, 0.5) is 4.79 Å². The predicted molar refractivity (Wildman–Crippen MR) is 138 cm³/mol. The van der Waals surface area contributed by atoms with Crippen LogP contribution in [-0.4, -0.2) is 22.0 Å². The average molecular weight is 456 g/mol. The van der Waals surface area contributed by atoms with E-state index in [4.69, 9.17) is 0 Å². The summed E-state index contributed by atoms with van der Waals surface area (Å²) in [7, 11) is 1.74. The van der Waals surface area contributed by atoms with Gasteiger partial charge >= 0.3 is 6.03 Å². The molecule has 4 rings (SSSR count). The van der Waals surface area contributed by atoms with Gasteiger partial charge in [0.05, 0.1) is 11.6 Å². The van der Waals surface area contributed by atoms with Crippen LogP contribution in [0.1, 0.15) is 50.3 Å². The minimum absolute atomic E-state index is 0.0344. The van der Waals surface area contributed by atoms with Gasteiger partial charge in [0.15, 0.2) is 0 Å². The molecule has 176 valence electrons. The number of amides is 2. The number of hydrogen-bond donors (Lipinski definition) is 1. The Bertz CT molecular complexity index is 1230. The number of carbonyl (C=O) groups excluding carboxylic acids is 1. The number of pyridine rings is 1. The van der Waals surface area contributed by atoms with Crippen molar-refractivity contribution in [1.82, 2.24) is 14.8 Å². The van der Waals surface area contributed by atoms with Crippen molar-refractivity contribution in [2.75, 3.05) is 6.54 Å². The lowest BCUT2D eigenvalue weighted by Crippen LogP contribution is -2.49. The highest BCUT2D eigenvalue weighted by atomic mass is 16.2. The standard InChI is InChI=1S/C29H33N3O2/c1-21(2)20-29(26-9-6-5-7-10-26)16-8-17-32(28(34)30-29)22(3)23-11-13-24(14-12-23)25-15-18-31(4)27(33)19-25/h5-7,9-15,18-19,22H,1,8,16-17,20H2,2-4H3,(H,30,34)/t22-,29-/m0/s1. The van der Waals surface area contributed by atoms with Crippen LogP contribution >= 0.6 is 0 Å². The second kappa shape index (κ2) is 9.72. The van der Waals surface area contributed by atoms with Gasteiger partial charge in [-0.05, 0) is 61.4 Å². The van der Waals surface area contributed by atoms with Crippen molar-refractivity contribution in [3.05, 3.63) is 107 Å². The summed E-state index contributed by atoms with van der Waals surface area (Å²) in [6.45, 7) is 8.91. The molecule has 0 radical (unpaired) electrons. The number of nitrogens with one attached hydrogen (secondary N) is 1. The Kier molecular flexibility index (Phi) is 6.73. The summed E-state index contributed by atoms with van der Waals surface area (Å²) in [5.41, 5.74) is 4.64. The summed E-state index contributed by atoms with van der Waals surface area (Å²) in [5, 5.41) is 3.38. The molecule has 0 unspecified atom stereocenters. The van der Waals surface area contributed by atoms with E-state index in [1.165, 1.54) is 0 Å². The van der Waals surface area contributed by atoms with E-state index in [9.17, 15) is 9.59 Å². The molecule has 2 atom stereocenters. The quantitative estimate of drug-likeness (QED) is 0.479. The first-order valence-corrected chi connectivity index (χ1v) is 11.8. The van der Waals surface area contributed by atoms with Crippen LogP contribution in [0.5, 0.6) is 0 Å². The molecule has 1 aliphatic rings. The van der Waals surface area contributed by atoms with Gasteiger partial charge in [0.1, 0.15) is 0 Å². The van der Waals surface area contributed by atoms with Gasteiger partial charge in [0.25, 0.3) is 5.56 Å². The zero-order valence-electron chi connectivity index (χ0n) is 20.3. The highest BCUT2D eigenvalue weighted by Gasteiger charge is 2.38. The number of aryl methyl sites for hydroxylation is 1. The zero-order chi connectivity index (χ0) is 24.3.